The molecule has 0 spiro atoms. The third kappa shape index (κ3) is 1.91. The van der Waals surface area contributed by atoms with Crippen LogP contribution >= 0.6 is 0 Å². The molecule has 0 amide bonds. The average molecular weight is 264 g/mol. The van der Waals surface area contributed by atoms with E-state index in [9.17, 15) is 9.90 Å². The lowest BCUT2D eigenvalue weighted by Gasteiger charge is -2.14. The van der Waals surface area contributed by atoms with Gasteiger partial charge in [0.05, 0.1) is 18.8 Å². The quantitative estimate of drug-likeness (QED) is 0.622. The van der Waals surface area contributed by atoms with Crippen molar-refractivity contribution in [2.45, 2.75) is 25.6 Å². The number of ether oxygens (including phenoxy) is 1. The molecule has 0 unspecified atom stereocenters. The van der Waals surface area contributed by atoms with Crippen LogP contribution in [0.25, 0.3) is 11.0 Å². The Morgan fingerprint density at radius 2 is 2.42 bits per heavy atom. The lowest BCUT2D eigenvalue weighted by molar-refractivity contribution is 0.00578. The van der Waals surface area contributed by atoms with Crippen LogP contribution < -0.4 is 11.3 Å². The highest BCUT2D eigenvalue weighted by Gasteiger charge is 2.34. The third-order valence-electron chi connectivity index (χ3n) is 3.58. The monoisotopic (exact) mass is 264 g/mol. The van der Waals surface area contributed by atoms with Gasteiger partial charge in [-0.3, -0.25) is 9.78 Å². The number of fused-ring (bicyclic) bond motifs is 1. The van der Waals surface area contributed by atoms with Gasteiger partial charge >= 0.3 is 0 Å². The number of nitrogens with one attached hydrogen (secondary N) is 2. The molecule has 19 heavy (non-hydrogen) atoms. The van der Waals surface area contributed by atoms with Gasteiger partial charge < -0.3 is 20.6 Å². The van der Waals surface area contributed by atoms with Crippen molar-refractivity contribution >= 4 is 17.0 Å². The summed E-state index contributed by atoms with van der Waals surface area (Å²) in [6, 6.07) is 0. The predicted molar refractivity (Wildman–Crippen MR) is 69.6 cm³/mol. The fourth-order valence-electron chi connectivity index (χ4n) is 2.70. The van der Waals surface area contributed by atoms with Crippen molar-refractivity contribution in [3.63, 3.8) is 0 Å². The van der Waals surface area contributed by atoms with Crippen LogP contribution in [0.15, 0.2) is 11.0 Å². The molecule has 2 aromatic heterocycles. The van der Waals surface area contributed by atoms with Gasteiger partial charge in [-0.1, -0.05) is 6.92 Å². The third-order valence-corrected chi connectivity index (χ3v) is 3.58. The molecule has 0 bridgehead atoms. The summed E-state index contributed by atoms with van der Waals surface area (Å²) in [7, 11) is 0. The second-order valence-electron chi connectivity index (χ2n) is 4.99. The summed E-state index contributed by atoms with van der Waals surface area (Å²) in [5, 5.41) is 9.18. The number of H-pyrrole nitrogens is 2. The molecule has 3 heterocycles. The summed E-state index contributed by atoms with van der Waals surface area (Å²) in [6.07, 6.45) is 2.17. The van der Waals surface area contributed by atoms with Gasteiger partial charge in [-0.05, 0) is 12.3 Å². The van der Waals surface area contributed by atoms with E-state index >= 15 is 0 Å². The first-order valence-corrected chi connectivity index (χ1v) is 6.23. The van der Waals surface area contributed by atoms with Gasteiger partial charge in [0.1, 0.15) is 11.0 Å². The normalized spacial score (nSPS) is 27.2. The van der Waals surface area contributed by atoms with Gasteiger partial charge in [-0.2, -0.15) is 0 Å². The maximum atomic E-state index is 11.7. The fourth-order valence-corrected chi connectivity index (χ4v) is 2.70. The number of rotatable bonds is 2. The van der Waals surface area contributed by atoms with E-state index in [-0.39, 0.29) is 36.2 Å². The molecule has 0 saturated carbocycles. The Morgan fingerprint density at radius 1 is 1.63 bits per heavy atom. The van der Waals surface area contributed by atoms with Crippen LogP contribution in [0.2, 0.25) is 0 Å². The summed E-state index contributed by atoms with van der Waals surface area (Å²) in [4.78, 5) is 21.3. The Bertz CT molecular complexity index is 663. The first kappa shape index (κ1) is 12.2. The van der Waals surface area contributed by atoms with E-state index in [0.717, 1.165) is 12.0 Å². The van der Waals surface area contributed by atoms with E-state index in [4.69, 9.17) is 10.5 Å². The molecule has 7 nitrogen and oxygen atoms in total. The zero-order valence-corrected chi connectivity index (χ0v) is 10.5. The largest absolute Gasteiger partial charge is 0.394 e. The first-order valence-electron chi connectivity index (χ1n) is 6.23. The highest BCUT2D eigenvalue weighted by atomic mass is 16.5. The molecule has 1 aliphatic heterocycles. The molecular formula is C12H16N4O3. The number of aliphatic hydroxyl groups is 1. The van der Waals surface area contributed by atoms with Crippen molar-refractivity contribution in [1.29, 1.82) is 0 Å². The van der Waals surface area contributed by atoms with Crippen LogP contribution in [0.3, 0.4) is 0 Å². The Hall–Kier alpha value is -1.86. The lowest BCUT2D eigenvalue weighted by Crippen LogP contribution is -2.13. The van der Waals surface area contributed by atoms with Crippen molar-refractivity contribution < 1.29 is 9.84 Å². The highest BCUT2D eigenvalue weighted by Crippen LogP contribution is 2.39. The maximum absolute atomic E-state index is 11.7. The summed E-state index contributed by atoms with van der Waals surface area (Å²) in [5.41, 5.74) is 7.04. The van der Waals surface area contributed by atoms with E-state index in [1.165, 1.54) is 0 Å². The van der Waals surface area contributed by atoms with Crippen LogP contribution in [0.4, 0.5) is 5.95 Å². The van der Waals surface area contributed by atoms with E-state index < -0.39 is 0 Å². The number of aromatic nitrogens is 3. The van der Waals surface area contributed by atoms with Crippen LogP contribution in [0.1, 0.15) is 25.0 Å². The number of hydrogen-bond donors (Lipinski definition) is 4. The lowest BCUT2D eigenvalue weighted by atomic mass is 9.97. The summed E-state index contributed by atoms with van der Waals surface area (Å²) in [5.74, 6) is 0.334. The van der Waals surface area contributed by atoms with Gasteiger partial charge in [0, 0.05) is 11.8 Å². The van der Waals surface area contributed by atoms with Gasteiger partial charge in [0.25, 0.3) is 5.56 Å². The second kappa shape index (κ2) is 4.36. The van der Waals surface area contributed by atoms with Gasteiger partial charge in [0.15, 0.2) is 0 Å². The molecule has 0 aromatic carbocycles. The number of anilines is 1. The fraction of sp³-hybridized carbons (Fsp3) is 0.500. The summed E-state index contributed by atoms with van der Waals surface area (Å²) < 4.78 is 5.79. The minimum atomic E-state index is -0.293. The molecule has 5 N–H and O–H groups in total. The highest BCUT2D eigenvalue weighted by molar-refractivity contribution is 5.79. The molecule has 102 valence electrons. The van der Waals surface area contributed by atoms with E-state index in [0.29, 0.717) is 11.0 Å². The van der Waals surface area contributed by atoms with Gasteiger partial charge in [-0.15, -0.1) is 0 Å². The molecule has 3 atom stereocenters. The summed E-state index contributed by atoms with van der Waals surface area (Å²) in [6.45, 7) is 2.05. The predicted octanol–water partition coefficient (Wildman–Crippen LogP) is 0.292. The smallest absolute Gasteiger partial charge is 0.276 e. The van der Waals surface area contributed by atoms with Crippen molar-refractivity contribution in [2.75, 3.05) is 12.3 Å². The SMILES string of the molecule is C[C@H]1C[C@@H](CO)O[C@H]1c1c[nH]c2c(=O)[nH]c(N)nc12. The molecule has 1 saturated heterocycles. The van der Waals surface area contributed by atoms with Gasteiger partial charge in [0.2, 0.25) is 5.95 Å². The van der Waals surface area contributed by atoms with Crippen molar-refractivity contribution in [1.82, 2.24) is 15.0 Å². The standard InChI is InChI=1S/C12H16N4O3/c1-5-2-6(4-17)19-10(5)7-3-14-9-8(7)15-12(13)16-11(9)18/h3,5-6,10,14,17H,2,4H2,1H3,(H3,13,15,16,18)/t5-,6-,10+/m0/s1. The van der Waals surface area contributed by atoms with E-state index in [1.54, 1.807) is 6.20 Å². The topological polar surface area (TPSA) is 117 Å². The molecule has 3 rings (SSSR count). The molecule has 0 radical (unpaired) electrons. The van der Waals surface area contributed by atoms with Crippen LogP contribution in [-0.4, -0.2) is 32.8 Å². The van der Waals surface area contributed by atoms with Crippen LogP contribution in [0, 0.1) is 5.92 Å². The van der Waals surface area contributed by atoms with Crippen molar-refractivity contribution in [3.05, 3.63) is 22.1 Å². The summed E-state index contributed by atoms with van der Waals surface area (Å²) >= 11 is 0. The zero-order valence-electron chi connectivity index (χ0n) is 10.5. The second-order valence-corrected chi connectivity index (χ2v) is 4.99. The molecular weight excluding hydrogens is 248 g/mol. The molecule has 1 fully saturated rings. The minimum Gasteiger partial charge on any atom is -0.394 e. The van der Waals surface area contributed by atoms with Crippen LogP contribution in [0.5, 0.6) is 0 Å². The number of nitrogens with zero attached hydrogens (tertiary/aromatic N) is 1. The molecule has 7 heteroatoms. The number of nitrogens with two attached hydrogens (primary N) is 1. The van der Waals surface area contributed by atoms with E-state index in [1.807, 2.05) is 0 Å². The Morgan fingerprint density at radius 3 is 3.11 bits per heavy atom. The molecule has 2 aromatic rings. The first-order chi connectivity index (χ1) is 9.10. The Balaban J connectivity index is 2.09. The number of aromatic amines is 2. The number of aliphatic hydroxyl groups excluding tert-OH is 1. The molecule has 0 aliphatic carbocycles. The van der Waals surface area contributed by atoms with Crippen LogP contribution in [-0.2, 0) is 4.74 Å². The average Bonchev–Trinajstić information content (AvgIpc) is 2.92. The minimum absolute atomic E-state index is 0.000649. The Kier molecular flexibility index (Phi) is 2.79. The van der Waals surface area contributed by atoms with Crippen molar-refractivity contribution in [2.24, 2.45) is 5.92 Å². The number of nitrogen functional groups attached to an aromatic ring is 1. The zero-order chi connectivity index (χ0) is 13.6. The maximum Gasteiger partial charge on any atom is 0.276 e. The number of hydrogen-bond acceptors (Lipinski definition) is 5. The van der Waals surface area contributed by atoms with Gasteiger partial charge in [-0.25, -0.2) is 4.98 Å². The van der Waals surface area contributed by atoms with Crippen molar-refractivity contribution in [3.8, 4) is 0 Å². The molecule has 1 aliphatic rings. The van der Waals surface area contributed by atoms with E-state index in [2.05, 4.69) is 21.9 Å². The Labute approximate surface area is 108 Å².